The maximum atomic E-state index is 12.9. The zero-order valence-electron chi connectivity index (χ0n) is 9.98. The fourth-order valence-corrected chi connectivity index (χ4v) is 2.89. The maximum Gasteiger partial charge on any atom is 0.242 e. The summed E-state index contributed by atoms with van der Waals surface area (Å²) in [4.78, 5) is -0.139. The van der Waals surface area contributed by atoms with E-state index in [1.807, 2.05) is 6.92 Å². The summed E-state index contributed by atoms with van der Waals surface area (Å²) < 4.78 is 39.4. The minimum absolute atomic E-state index is 0.127. The van der Waals surface area contributed by atoms with Gasteiger partial charge in [0, 0.05) is 12.5 Å². The van der Waals surface area contributed by atoms with Crippen LogP contribution >= 0.6 is 0 Å². The number of hydrogen-bond acceptors (Lipinski definition) is 3. The molecule has 1 atom stereocenters. The Balaban J connectivity index is 3.03. The molecule has 18 heavy (non-hydrogen) atoms. The molecule has 1 unspecified atom stereocenters. The predicted molar refractivity (Wildman–Crippen MR) is 68.7 cm³/mol. The molecule has 0 aliphatic rings. The number of hydrogen-bond donors (Lipinski definition) is 2. The number of rotatable bonds is 5. The first-order valence-corrected chi connectivity index (χ1v) is 6.89. The summed E-state index contributed by atoms with van der Waals surface area (Å²) in [5.74, 6) is 1.82. The smallest absolute Gasteiger partial charge is 0.242 e. The molecule has 6 heteroatoms. The molecular formula is C12H15FN2O2S. The van der Waals surface area contributed by atoms with E-state index >= 15 is 0 Å². The quantitative estimate of drug-likeness (QED) is 0.629. The highest BCUT2D eigenvalue weighted by Crippen LogP contribution is 2.19. The van der Waals surface area contributed by atoms with Gasteiger partial charge in [0.25, 0.3) is 0 Å². The van der Waals surface area contributed by atoms with Crippen molar-refractivity contribution in [1.29, 1.82) is 0 Å². The van der Waals surface area contributed by atoms with Crippen LogP contribution in [0.1, 0.15) is 19.8 Å². The summed E-state index contributed by atoms with van der Waals surface area (Å²) in [6.07, 6.45) is 6.00. The highest BCUT2D eigenvalue weighted by atomic mass is 32.2. The van der Waals surface area contributed by atoms with Gasteiger partial charge in [0.15, 0.2) is 0 Å². The summed E-state index contributed by atoms with van der Waals surface area (Å²) in [6.45, 7) is 1.82. The van der Waals surface area contributed by atoms with Crippen LogP contribution in [0.4, 0.5) is 10.1 Å². The summed E-state index contributed by atoms with van der Waals surface area (Å²) in [6, 6.07) is 2.80. The van der Waals surface area contributed by atoms with Gasteiger partial charge >= 0.3 is 0 Å². The second-order valence-electron chi connectivity index (χ2n) is 3.82. The highest BCUT2D eigenvalue weighted by Gasteiger charge is 2.21. The Labute approximate surface area is 106 Å². The monoisotopic (exact) mass is 270 g/mol. The molecule has 1 rings (SSSR count). The van der Waals surface area contributed by atoms with E-state index in [1.54, 1.807) is 0 Å². The number of anilines is 1. The second kappa shape index (κ2) is 5.85. The van der Waals surface area contributed by atoms with Gasteiger partial charge in [0.2, 0.25) is 10.0 Å². The summed E-state index contributed by atoms with van der Waals surface area (Å²) >= 11 is 0. The first-order chi connectivity index (χ1) is 8.40. The van der Waals surface area contributed by atoms with E-state index in [1.165, 1.54) is 0 Å². The molecule has 3 N–H and O–H groups in total. The van der Waals surface area contributed by atoms with Gasteiger partial charge in [-0.05, 0) is 24.6 Å². The zero-order chi connectivity index (χ0) is 13.8. The Morgan fingerprint density at radius 2 is 2.22 bits per heavy atom. The van der Waals surface area contributed by atoms with E-state index in [0.29, 0.717) is 6.42 Å². The van der Waals surface area contributed by atoms with E-state index in [-0.39, 0.29) is 23.0 Å². The number of terminal acetylenes is 1. The van der Waals surface area contributed by atoms with Gasteiger partial charge in [0.1, 0.15) is 10.7 Å². The second-order valence-corrected chi connectivity index (χ2v) is 5.50. The number of nitrogen functional groups attached to an aromatic ring is 1. The van der Waals surface area contributed by atoms with E-state index in [0.717, 1.165) is 18.2 Å². The van der Waals surface area contributed by atoms with E-state index < -0.39 is 15.8 Å². The molecule has 0 radical (unpaired) electrons. The minimum atomic E-state index is -3.78. The molecule has 0 aliphatic heterocycles. The number of nitrogens with one attached hydrogen (secondary N) is 1. The standard InChI is InChI=1S/C12H15FN2O2S/c1-3-5-10(4-2)15-18(16,17)12-7-6-9(13)8-11(12)14/h1,6-8,10,15H,4-5,14H2,2H3. The first kappa shape index (κ1) is 14.5. The van der Waals surface area contributed by atoms with Gasteiger partial charge in [-0.2, -0.15) is 0 Å². The first-order valence-electron chi connectivity index (χ1n) is 5.41. The molecule has 4 nitrogen and oxygen atoms in total. The fourth-order valence-electron chi connectivity index (χ4n) is 1.46. The van der Waals surface area contributed by atoms with Crippen molar-refractivity contribution in [3.63, 3.8) is 0 Å². The highest BCUT2D eigenvalue weighted by molar-refractivity contribution is 7.89. The van der Waals surface area contributed by atoms with E-state index in [4.69, 9.17) is 12.2 Å². The predicted octanol–water partition coefficient (Wildman–Crippen LogP) is 1.49. The maximum absolute atomic E-state index is 12.9. The number of benzene rings is 1. The molecule has 1 aromatic carbocycles. The van der Waals surface area contributed by atoms with Crippen LogP contribution in [0.5, 0.6) is 0 Å². The van der Waals surface area contributed by atoms with Crippen LogP contribution in [0.3, 0.4) is 0 Å². The van der Waals surface area contributed by atoms with Crippen LogP contribution < -0.4 is 10.5 Å². The molecule has 0 amide bonds. The van der Waals surface area contributed by atoms with Crippen LogP contribution in [0.15, 0.2) is 23.1 Å². The van der Waals surface area contributed by atoms with Crippen LogP contribution in [0.2, 0.25) is 0 Å². The normalized spacial score (nSPS) is 12.9. The average molecular weight is 270 g/mol. The minimum Gasteiger partial charge on any atom is -0.398 e. The summed E-state index contributed by atoms with van der Waals surface area (Å²) in [5.41, 5.74) is 5.37. The van der Waals surface area contributed by atoms with Gasteiger partial charge in [-0.3, -0.25) is 0 Å². The van der Waals surface area contributed by atoms with Gasteiger partial charge in [0.05, 0.1) is 5.69 Å². The van der Waals surface area contributed by atoms with Crippen molar-refractivity contribution in [3.8, 4) is 12.3 Å². The molecule has 0 saturated carbocycles. The Bertz CT molecular complexity index is 564. The molecule has 0 heterocycles. The number of halogens is 1. The van der Waals surface area contributed by atoms with Crippen molar-refractivity contribution in [3.05, 3.63) is 24.0 Å². The van der Waals surface area contributed by atoms with E-state index in [9.17, 15) is 12.8 Å². The third-order valence-corrected chi connectivity index (χ3v) is 4.03. The number of nitrogens with two attached hydrogens (primary N) is 1. The zero-order valence-corrected chi connectivity index (χ0v) is 10.8. The summed E-state index contributed by atoms with van der Waals surface area (Å²) in [5, 5.41) is 0. The molecular weight excluding hydrogens is 255 g/mol. The SMILES string of the molecule is C#CCC(CC)NS(=O)(=O)c1ccc(F)cc1N. The number of sulfonamides is 1. The van der Waals surface area contributed by atoms with Crippen molar-refractivity contribution >= 4 is 15.7 Å². The average Bonchev–Trinajstić information content (AvgIpc) is 2.27. The molecule has 0 aromatic heterocycles. The van der Waals surface area contributed by atoms with Crippen LogP contribution in [0.25, 0.3) is 0 Å². The topological polar surface area (TPSA) is 72.2 Å². The van der Waals surface area contributed by atoms with Crippen molar-refractivity contribution in [2.45, 2.75) is 30.7 Å². The fraction of sp³-hybridized carbons (Fsp3) is 0.333. The molecule has 0 fully saturated rings. The molecule has 0 saturated heterocycles. The van der Waals surface area contributed by atoms with Gasteiger partial charge in [-0.1, -0.05) is 6.92 Å². The molecule has 0 aliphatic carbocycles. The molecule has 1 aromatic rings. The van der Waals surface area contributed by atoms with Crippen molar-refractivity contribution in [1.82, 2.24) is 4.72 Å². The van der Waals surface area contributed by atoms with Crippen LogP contribution in [-0.2, 0) is 10.0 Å². The van der Waals surface area contributed by atoms with Gasteiger partial charge in [-0.25, -0.2) is 17.5 Å². The largest absolute Gasteiger partial charge is 0.398 e. The van der Waals surface area contributed by atoms with Crippen LogP contribution in [0, 0.1) is 18.2 Å². The van der Waals surface area contributed by atoms with Gasteiger partial charge in [-0.15, -0.1) is 12.3 Å². The lowest BCUT2D eigenvalue weighted by atomic mass is 10.2. The molecule has 0 bridgehead atoms. The summed E-state index contributed by atoms with van der Waals surface area (Å²) in [7, 11) is -3.78. The van der Waals surface area contributed by atoms with Gasteiger partial charge < -0.3 is 5.73 Å². The Morgan fingerprint density at radius 3 is 2.72 bits per heavy atom. The Kier molecular flexibility index (Phi) is 4.70. The molecule has 0 spiro atoms. The molecule has 98 valence electrons. The van der Waals surface area contributed by atoms with Crippen molar-refractivity contribution < 1.29 is 12.8 Å². The van der Waals surface area contributed by atoms with E-state index in [2.05, 4.69) is 10.6 Å². The third-order valence-electron chi connectivity index (χ3n) is 2.44. The van der Waals surface area contributed by atoms with Crippen molar-refractivity contribution in [2.24, 2.45) is 0 Å². The van der Waals surface area contributed by atoms with Crippen LogP contribution in [-0.4, -0.2) is 14.5 Å². The lowest BCUT2D eigenvalue weighted by Gasteiger charge is -2.15. The lowest BCUT2D eigenvalue weighted by Crippen LogP contribution is -2.34. The Morgan fingerprint density at radius 1 is 1.56 bits per heavy atom. The lowest BCUT2D eigenvalue weighted by molar-refractivity contribution is 0.544. The third kappa shape index (κ3) is 3.45. The van der Waals surface area contributed by atoms with Crippen molar-refractivity contribution in [2.75, 3.05) is 5.73 Å². The Hall–Kier alpha value is -1.58.